The van der Waals surface area contributed by atoms with Crippen LogP contribution in [0.3, 0.4) is 0 Å². The van der Waals surface area contributed by atoms with Gasteiger partial charge in [-0.05, 0) is 120 Å². The Bertz CT molecular complexity index is 2220. The molecule has 0 aliphatic carbocycles. The van der Waals surface area contributed by atoms with Crippen molar-refractivity contribution in [3.05, 3.63) is 59.2 Å². The van der Waals surface area contributed by atoms with E-state index in [-0.39, 0.29) is 53.9 Å². The first kappa shape index (κ1) is 42.3. The lowest BCUT2D eigenvalue weighted by Gasteiger charge is -2.31. The maximum absolute atomic E-state index is 15.3. The highest BCUT2D eigenvalue weighted by Crippen LogP contribution is 2.45. The van der Waals surface area contributed by atoms with E-state index < -0.39 is 18.1 Å². The maximum atomic E-state index is 15.3. The van der Waals surface area contributed by atoms with Crippen molar-refractivity contribution in [2.24, 2.45) is 0 Å². The molecule has 318 valence electrons. The number of hydrogen-bond acceptors (Lipinski definition) is 6. The van der Waals surface area contributed by atoms with Gasteiger partial charge in [-0.25, -0.2) is 8.78 Å². The predicted octanol–water partition coefficient (Wildman–Crippen LogP) is 5.02. The molecule has 4 aromatic rings. The first-order valence-corrected chi connectivity index (χ1v) is 21.6. The average Bonchev–Trinajstić information content (AvgIpc) is 4.03. The smallest absolute Gasteiger partial charge is 0.245 e. The summed E-state index contributed by atoms with van der Waals surface area (Å²) in [6, 6.07) is 7.91. The van der Waals surface area contributed by atoms with Crippen molar-refractivity contribution in [3.63, 3.8) is 0 Å². The molecule has 0 spiro atoms. The van der Waals surface area contributed by atoms with Crippen LogP contribution < -0.4 is 21.3 Å². The van der Waals surface area contributed by atoms with Gasteiger partial charge < -0.3 is 40.2 Å². The predicted molar refractivity (Wildman–Crippen MR) is 226 cm³/mol. The molecule has 0 bridgehead atoms. The maximum Gasteiger partial charge on any atom is 0.245 e. The Morgan fingerprint density at radius 3 is 1.80 bits per heavy atom. The quantitative estimate of drug-likeness (QED) is 0.118. The molecular weight excluding hydrogens is 755 g/mol. The van der Waals surface area contributed by atoms with Crippen LogP contribution >= 0.6 is 0 Å². The van der Waals surface area contributed by atoms with Crippen LogP contribution in [0.15, 0.2) is 36.4 Å². The number of carbonyl (C=O) groups excluding carboxylic acids is 4. The van der Waals surface area contributed by atoms with E-state index in [0.29, 0.717) is 45.4 Å². The second-order valence-corrected chi connectivity index (χ2v) is 16.7. The number of nitrogens with one attached hydrogen (secondary N) is 4. The summed E-state index contributed by atoms with van der Waals surface area (Å²) in [5.41, 5.74) is 5.53. The van der Waals surface area contributed by atoms with Gasteiger partial charge in [0.15, 0.2) is 0 Å². The SMILES string of the molecule is CCCCCC(NC(=O)[C@H](C)NC)C(=O)N1CCC[C@H]1Cc1c2n(c3ccc(F)cc13)CCn1c-2c(C[C@@H]2CCCN2C(=O)CNC(=O)[C@H](C)NC)c2cc(F)ccc21. The number of unbranched alkanes of at least 4 members (excludes halogenated alkanes) is 2. The molecule has 12 nitrogen and oxygen atoms in total. The van der Waals surface area contributed by atoms with E-state index in [0.717, 1.165) is 89.3 Å². The molecule has 14 heteroatoms. The van der Waals surface area contributed by atoms with Crippen LogP contribution in [0.4, 0.5) is 8.78 Å². The van der Waals surface area contributed by atoms with E-state index in [9.17, 15) is 19.2 Å². The zero-order valence-corrected chi connectivity index (χ0v) is 35.1. The fourth-order valence-electron chi connectivity index (χ4n) is 9.63. The summed E-state index contributed by atoms with van der Waals surface area (Å²) in [7, 11) is 3.41. The van der Waals surface area contributed by atoms with Crippen molar-refractivity contribution in [2.75, 3.05) is 33.7 Å². The van der Waals surface area contributed by atoms with E-state index >= 15 is 8.78 Å². The van der Waals surface area contributed by atoms with Crippen LogP contribution in [0.25, 0.3) is 33.2 Å². The van der Waals surface area contributed by atoms with Crippen molar-refractivity contribution < 1.29 is 28.0 Å². The van der Waals surface area contributed by atoms with Gasteiger partial charge in [-0.1, -0.05) is 26.2 Å². The van der Waals surface area contributed by atoms with Gasteiger partial charge in [0.25, 0.3) is 0 Å². The third-order valence-corrected chi connectivity index (χ3v) is 13.0. The number of likely N-dealkylation sites (N-methyl/N-ethyl adjacent to an activating group) is 2. The molecule has 3 aliphatic rings. The van der Waals surface area contributed by atoms with Crippen LogP contribution in [-0.2, 0) is 45.1 Å². The van der Waals surface area contributed by atoms with E-state index in [4.69, 9.17) is 0 Å². The Morgan fingerprint density at radius 1 is 0.729 bits per heavy atom. The van der Waals surface area contributed by atoms with Crippen molar-refractivity contribution in [3.8, 4) is 11.4 Å². The number of halogens is 2. The Kier molecular flexibility index (Phi) is 13.1. The summed E-state index contributed by atoms with van der Waals surface area (Å²) in [6.45, 7) is 7.88. The van der Waals surface area contributed by atoms with Gasteiger partial charge in [-0.15, -0.1) is 0 Å². The fourth-order valence-corrected chi connectivity index (χ4v) is 9.63. The molecule has 0 radical (unpaired) electrons. The first-order valence-electron chi connectivity index (χ1n) is 21.6. The highest BCUT2D eigenvalue weighted by atomic mass is 19.1. The number of aromatic nitrogens is 2. The summed E-state index contributed by atoms with van der Waals surface area (Å²) in [5, 5.41) is 13.3. The number of amides is 4. The Balaban J connectivity index is 1.27. The standard InChI is InChI=1S/C45H60F2N8O4/c1-6-7-8-13-37(51-44(58)28(3)49-5)45(59)53-19-10-12-32(53)25-36-34-23-30(47)15-17-39(34)55-21-20-54-38-16-14-29(46)22-33(38)35(41(54)42(36)55)24-31-11-9-18-52(31)40(56)26-50-43(57)27(2)48-4/h14-17,22-23,27-28,31-32,37,48-49H,6-13,18-21,24-26H2,1-5H3,(H,50,57)(H,51,58)/t27-,28-,31-,32-,37?/m0/s1. The van der Waals surface area contributed by atoms with E-state index in [2.05, 4.69) is 37.3 Å². The van der Waals surface area contributed by atoms with Gasteiger partial charge >= 0.3 is 0 Å². The number of aryl methyl sites for hydroxylation is 2. The first-order chi connectivity index (χ1) is 28.4. The molecule has 5 heterocycles. The van der Waals surface area contributed by atoms with Crippen molar-refractivity contribution in [1.82, 2.24) is 40.2 Å². The van der Waals surface area contributed by atoms with Gasteiger partial charge in [-0.3, -0.25) is 19.2 Å². The van der Waals surface area contributed by atoms with Crippen LogP contribution in [0.1, 0.15) is 83.3 Å². The number of rotatable bonds is 16. The summed E-state index contributed by atoms with van der Waals surface area (Å²) in [5.74, 6) is -1.41. The van der Waals surface area contributed by atoms with Gasteiger partial charge in [0.2, 0.25) is 23.6 Å². The van der Waals surface area contributed by atoms with Crippen molar-refractivity contribution in [2.45, 2.75) is 128 Å². The molecule has 4 N–H and O–H groups in total. The largest absolute Gasteiger partial charge is 0.346 e. The van der Waals surface area contributed by atoms with E-state index in [1.807, 2.05) is 21.9 Å². The topological polar surface area (TPSA) is 133 Å². The average molecular weight is 815 g/mol. The summed E-state index contributed by atoms with van der Waals surface area (Å²) in [6.07, 6.45) is 7.42. The Labute approximate surface area is 345 Å². The van der Waals surface area contributed by atoms with Gasteiger partial charge in [0.1, 0.15) is 17.7 Å². The van der Waals surface area contributed by atoms with Crippen molar-refractivity contribution in [1.29, 1.82) is 0 Å². The minimum atomic E-state index is -0.649. The Hall–Kier alpha value is -4.82. The molecule has 7 rings (SSSR count). The lowest BCUT2D eigenvalue weighted by molar-refractivity contribution is -0.137. The minimum Gasteiger partial charge on any atom is -0.346 e. The van der Waals surface area contributed by atoms with Crippen molar-refractivity contribution >= 4 is 45.4 Å². The molecule has 59 heavy (non-hydrogen) atoms. The molecule has 2 aromatic heterocycles. The number of carbonyl (C=O) groups is 4. The highest BCUT2D eigenvalue weighted by Gasteiger charge is 2.38. The van der Waals surface area contributed by atoms with Crippen LogP contribution in [-0.4, -0.2) is 107 Å². The normalized spacial score (nSPS) is 19.2. The molecule has 3 aliphatic heterocycles. The zero-order valence-electron chi connectivity index (χ0n) is 35.1. The van der Waals surface area contributed by atoms with E-state index in [1.54, 1.807) is 40.1 Å². The third kappa shape index (κ3) is 8.48. The monoisotopic (exact) mass is 814 g/mol. The third-order valence-electron chi connectivity index (χ3n) is 13.0. The molecule has 1 unspecified atom stereocenters. The summed E-state index contributed by atoms with van der Waals surface area (Å²) < 4.78 is 35.0. The van der Waals surface area contributed by atoms with Crippen LogP contribution in [0.5, 0.6) is 0 Å². The zero-order chi connectivity index (χ0) is 42.0. The molecule has 5 atom stereocenters. The molecule has 2 saturated heterocycles. The van der Waals surface area contributed by atoms with Gasteiger partial charge in [-0.2, -0.15) is 0 Å². The molecule has 4 amide bonds. The number of fused-ring (bicyclic) bond motifs is 7. The van der Waals surface area contributed by atoms with Gasteiger partial charge in [0.05, 0.1) is 30.0 Å². The van der Waals surface area contributed by atoms with E-state index in [1.165, 1.54) is 12.1 Å². The molecule has 2 aromatic carbocycles. The number of benzene rings is 2. The second-order valence-electron chi connectivity index (χ2n) is 16.7. The lowest BCUT2D eigenvalue weighted by Crippen LogP contribution is -2.53. The number of hydrogen-bond donors (Lipinski definition) is 4. The molecule has 0 saturated carbocycles. The van der Waals surface area contributed by atoms with Crippen LogP contribution in [0, 0.1) is 11.6 Å². The summed E-state index contributed by atoms with van der Waals surface area (Å²) in [4.78, 5) is 57.5. The van der Waals surface area contributed by atoms with Crippen LogP contribution in [0.2, 0.25) is 0 Å². The fraction of sp³-hybridized carbons (Fsp3) is 0.556. The number of nitrogens with zero attached hydrogens (tertiary/aromatic N) is 4. The Morgan fingerprint density at radius 2 is 1.25 bits per heavy atom. The van der Waals surface area contributed by atoms with Gasteiger partial charge in [0, 0.05) is 60.1 Å². The molecular formula is C45H60F2N8O4. The second kappa shape index (κ2) is 18.2. The molecule has 2 fully saturated rings. The minimum absolute atomic E-state index is 0.0864. The highest BCUT2D eigenvalue weighted by molar-refractivity contribution is 5.98. The lowest BCUT2D eigenvalue weighted by atomic mass is 9.94. The number of likely N-dealkylation sites (tertiary alicyclic amines) is 2. The summed E-state index contributed by atoms with van der Waals surface area (Å²) >= 11 is 0.